The van der Waals surface area contributed by atoms with Crippen LogP contribution in [0.5, 0.6) is 5.75 Å². The molecule has 8 heteroatoms. The van der Waals surface area contributed by atoms with Gasteiger partial charge in [0.2, 0.25) is 0 Å². The number of halogens is 3. The van der Waals surface area contributed by atoms with Crippen LogP contribution in [0.4, 0.5) is 18.9 Å². The number of carbonyl (C=O) groups excluding carboxylic acids is 1. The number of nitrogens with zero attached hydrogens (tertiary/aromatic N) is 3. The van der Waals surface area contributed by atoms with Crippen molar-refractivity contribution in [2.75, 3.05) is 5.01 Å². The van der Waals surface area contributed by atoms with Gasteiger partial charge in [-0.1, -0.05) is 0 Å². The monoisotopic (exact) mass is 273 g/mol. The second-order valence-corrected chi connectivity index (χ2v) is 3.86. The minimum absolute atomic E-state index is 0.0976. The number of phenols is 1. The van der Waals surface area contributed by atoms with E-state index in [-0.39, 0.29) is 23.6 Å². The molecule has 0 aromatic heterocycles. The predicted octanol–water partition coefficient (Wildman–Crippen LogP) is 1.73. The maximum absolute atomic E-state index is 13.7. The molecule has 0 saturated heterocycles. The normalized spacial score (nSPS) is 19.0. The number of carbonyl (C=O) groups is 1. The molecule has 1 aliphatic rings. The molecule has 0 fully saturated rings. The smallest absolute Gasteiger partial charge is 0.318 e. The maximum atomic E-state index is 13.7. The minimum atomic E-state index is -2.93. The van der Waals surface area contributed by atoms with Crippen molar-refractivity contribution in [2.45, 2.75) is 19.6 Å². The van der Waals surface area contributed by atoms with Gasteiger partial charge in [-0.3, -0.25) is 9.69 Å². The average molecular weight is 273 g/mol. The highest BCUT2D eigenvalue weighted by atomic mass is 19.3. The highest BCUT2D eigenvalue weighted by Gasteiger charge is 2.38. The molecule has 1 atom stereocenters. The van der Waals surface area contributed by atoms with Crippen LogP contribution in [-0.2, 0) is 4.79 Å². The summed E-state index contributed by atoms with van der Waals surface area (Å²) in [6.07, 6.45) is -1.17. The number of hydrazone groups is 1. The lowest BCUT2D eigenvalue weighted by atomic mass is 10.2. The number of phenolic OH excluding ortho intramolecular Hbond substituents is 1. The van der Waals surface area contributed by atoms with E-state index in [2.05, 4.69) is 5.10 Å². The Labute approximate surface area is 106 Å². The molecule has 5 nitrogen and oxygen atoms in total. The van der Waals surface area contributed by atoms with Gasteiger partial charge in [0.1, 0.15) is 11.6 Å². The van der Waals surface area contributed by atoms with E-state index in [1.165, 1.54) is 13.0 Å². The van der Waals surface area contributed by atoms with Crippen LogP contribution in [0.1, 0.15) is 6.92 Å². The van der Waals surface area contributed by atoms with E-state index >= 15 is 0 Å². The van der Waals surface area contributed by atoms with Crippen LogP contribution in [0, 0.1) is 5.82 Å². The number of hydrogen-bond donors (Lipinski definition) is 1. The number of anilines is 1. The number of aromatic hydroxyl groups is 1. The van der Waals surface area contributed by atoms with Gasteiger partial charge in [-0.05, 0) is 19.1 Å². The fraction of sp³-hybridized carbons (Fsp3) is 0.273. The van der Waals surface area contributed by atoms with E-state index in [0.29, 0.717) is 4.90 Å². The summed E-state index contributed by atoms with van der Waals surface area (Å²) in [5, 5.41) is 13.7. The molecule has 0 radical (unpaired) electrons. The number of alkyl halides is 2. The van der Waals surface area contributed by atoms with Crippen molar-refractivity contribution in [1.29, 1.82) is 0 Å². The maximum Gasteiger partial charge on any atom is 0.318 e. The highest BCUT2D eigenvalue weighted by Crippen LogP contribution is 2.30. The van der Waals surface area contributed by atoms with Crippen molar-refractivity contribution in [3.63, 3.8) is 0 Å². The Morgan fingerprint density at radius 2 is 2.16 bits per heavy atom. The van der Waals surface area contributed by atoms with Crippen LogP contribution in [0.25, 0.3) is 0 Å². The van der Waals surface area contributed by atoms with Gasteiger partial charge in [0, 0.05) is 6.07 Å². The first-order valence-electron chi connectivity index (χ1n) is 5.30. The zero-order valence-corrected chi connectivity index (χ0v) is 9.80. The quantitative estimate of drug-likeness (QED) is 0.673. The van der Waals surface area contributed by atoms with Crippen molar-refractivity contribution in [3.8, 4) is 5.75 Å². The summed E-state index contributed by atoms with van der Waals surface area (Å²) in [7, 11) is 0. The molecule has 1 unspecified atom stereocenters. The molecule has 19 heavy (non-hydrogen) atoms. The Morgan fingerprint density at radius 1 is 1.47 bits per heavy atom. The third-order valence-electron chi connectivity index (χ3n) is 2.67. The Kier molecular flexibility index (Phi) is 3.32. The van der Waals surface area contributed by atoms with Crippen molar-refractivity contribution in [2.24, 2.45) is 5.10 Å². The van der Waals surface area contributed by atoms with E-state index in [0.717, 1.165) is 17.1 Å². The Balaban J connectivity index is 2.42. The molecule has 1 aromatic carbocycles. The molecule has 1 aromatic rings. The molecule has 0 aliphatic carbocycles. The Morgan fingerprint density at radius 3 is 2.68 bits per heavy atom. The Bertz CT molecular complexity index is 536. The second kappa shape index (κ2) is 4.79. The fourth-order valence-electron chi connectivity index (χ4n) is 1.83. The highest BCUT2D eigenvalue weighted by molar-refractivity contribution is 5.88. The van der Waals surface area contributed by atoms with E-state index in [1.54, 1.807) is 0 Å². The lowest BCUT2D eigenvalue weighted by Crippen LogP contribution is -2.45. The largest absolute Gasteiger partial charge is 0.508 e. The standard InChI is InChI=1S/C11H10F3N3O2/c1-6-15-17(10(5-18)16(6)11(13)14)9-3-2-7(19)4-8(9)12/h2-5,10-11,19H,1H3. The number of aldehydes is 1. The van der Waals surface area contributed by atoms with Crippen LogP contribution < -0.4 is 5.01 Å². The molecule has 1 N–H and O–H groups in total. The summed E-state index contributed by atoms with van der Waals surface area (Å²) < 4.78 is 39.3. The van der Waals surface area contributed by atoms with Crippen molar-refractivity contribution < 1.29 is 23.1 Å². The van der Waals surface area contributed by atoms with Gasteiger partial charge < -0.3 is 5.11 Å². The molecule has 0 bridgehead atoms. The topological polar surface area (TPSA) is 56.1 Å². The van der Waals surface area contributed by atoms with Crippen LogP contribution in [0.15, 0.2) is 23.3 Å². The van der Waals surface area contributed by atoms with Crippen molar-refractivity contribution in [1.82, 2.24) is 4.90 Å². The molecule has 0 spiro atoms. The summed E-state index contributed by atoms with van der Waals surface area (Å²) in [6, 6.07) is 3.15. The second-order valence-electron chi connectivity index (χ2n) is 3.86. The van der Waals surface area contributed by atoms with E-state index in [4.69, 9.17) is 5.11 Å². The molecule has 1 heterocycles. The van der Waals surface area contributed by atoms with Gasteiger partial charge >= 0.3 is 6.55 Å². The zero-order chi connectivity index (χ0) is 14.2. The van der Waals surface area contributed by atoms with Crippen LogP contribution in [-0.4, -0.2) is 34.8 Å². The lowest BCUT2D eigenvalue weighted by Gasteiger charge is -2.26. The number of benzene rings is 1. The third kappa shape index (κ3) is 2.20. The first-order chi connectivity index (χ1) is 8.95. The van der Waals surface area contributed by atoms with Crippen molar-refractivity contribution in [3.05, 3.63) is 24.0 Å². The van der Waals surface area contributed by atoms with E-state index in [1.807, 2.05) is 0 Å². The van der Waals surface area contributed by atoms with Crippen LogP contribution in [0.2, 0.25) is 0 Å². The molecule has 0 amide bonds. The van der Waals surface area contributed by atoms with Gasteiger partial charge in [0.15, 0.2) is 18.3 Å². The molecular formula is C11H10F3N3O2. The summed E-state index contributed by atoms with van der Waals surface area (Å²) in [5.41, 5.74) is -0.169. The SMILES string of the molecule is CC1=NN(c2ccc(O)cc2F)C(C=O)N1C(F)F. The van der Waals surface area contributed by atoms with Gasteiger partial charge in [0.25, 0.3) is 0 Å². The molecule has 0 saturated carbocycles. The molecular weight excluding hydrogens is 263 g/mol. The lowest BCUT2D eigenvalue weighted by molar-refractivity contribution is -0.114. The van der Waals surface area contributed by atoms with Gasteiger partial charge in [0.05, 0.1) is 5.69 Å². The fourth-order valence-corrected chi connectivity index (χ4v) is 1.83. The summed E-state index contributed by atoms with van der Waals surface area (Å²) in [4.78, 5) is 11.4. The summed E-state index contributed by atoms with van der Waals surface area (Å²) in [5.74, 6) is -1.27. The van der Waals surface area contributed by atoms with Crippen LogP contribution in [0.3, 0.4) is 0 Å². The zero-order valence-electron chi connectivity index (χ0n) is 9.80. The van der Waals surface area contributed by atoms with Gasteiger partial charge in [-0.2, -0.15) is 13.9 Å². The number of hydrogen-bond acceptors (Lipinski definition) is 5. The van der Waals surface area contributed by atoms with E-state index < -0.39 is 18.5 Å². The van der Waals surface area contributed by atoms with Gasteiger partial charge in [-0.15, -0.1) is 0 Å². The number of amidine groups is 1. The van der Waals surface area contributed by atoms with E-state index in [9.17, 15) is 18.0 Å². The van der Waals surface area contributed by atoms with Gasteiger partial charge in [-0.25, -0.2) is 9.40 Å². The summed E-state index contributed by atoms with van der Waals surface area (Å²) >= 11 is 0. The summed E-state index contributed by atoms with van der Waals surface area (Å²) in [6.45, 7) is -1.63. The Hall–Kier alpha value is -2.25. The molecule has 2 rings (SSSR count). The predicted molar refractivity (Wildman–Crippen MR) is 61.3 cm³/mol. The number of rotatable bonds is 3. The molecule has 1 aliphatic heterocycles. The van der Waals surface area contributed by atoms with Crippen molar-refractivity contribution >= 4 is 17.8 Å². The van der Waals surface area contributed by atoms with Crippen LogP contribution >= 0.6 is 0 Å². The third-order valence-corrected chi connectivity index (χ3v) is 2.67. The molecule has 102 valence electrons. The first-order valence-corrected chi connectivity index (χ1v) is 5.30. The average Bonchev–Trinajstić information content (AvgIpc) is 2.65. The minimum Gasteiger partial charge on any atom is -0.508 e. The first kappa shape index (κ1) is 13.2.